The molecular formula is C39H41N2P. The molecule has 1 atom stereocenters. The third-order valence-electron chi connectivity index (χ3n) is 8.54. The number of allylic oxidation sites excluding steroid dienone is 5. The van der Waals surface area contributed by atoms with Crippen molar-refractivity contribution in [3.05, 3.63) is 159 Å². The lowest BCUT2D eigenvalue weighted by molar-refractivity contribution is 0.741. The molecule has 0 bridgehead atoms. The summed E-state index contributed by atoms with van der Waals surface area (Å²) in [6.45, 7) is 14.4. The summed E-state index contributed by atoms with van der Waals surface area (Å²) in [6, 6.07) is 31.7. The highest BCUT2D eigenvalue weighted by atomic mass is 31.1. The Morgan fingerprint density at radius 2 is 1.21 bits per heavy atom. The average molecular weight is 569 g/mol. The molecule has 4 aromatic rings. The van der Waals surface area contributed by atoms with Gasteiger partial charge < -0.3 is 10.2 Å². The van der Waals surface area contributed by atoms with Crippen molar-refractivity contribution in [2.75, 3.05) is 11.4 Å². The van der Waals surface area contributed by atoms with E-state index in [0.29, 0.717) is 0 Å². The van der Waals surface area contributed by atoms with Crippen molar-refractivity contribution < 1.29 is 0 Å². The van der Waals surface area contributed by atoms with E-state index < -0.39 is 7.92 Å². The molecule has 1 saturated heterocycles. The Balaban J connectivity index is 1.59. The Hall–Kier alpha value is -3.87. The number of hydrogen-bond donors (Lipinski definition) is 1. The van der Waals surface area contributed by atoms with Crippen LogP contribution in [0.4, 0.5) is 5.69 Å². The summed E-state index contributed by atoms with van der Waals surface area (Å²) in [7, 11) is -0.733. The first-order valence-electron chi connectivity index (χ1n) is 15.0. The topological polar surface area (TPSA) is 15.3 Å². The van der Waals surface area contributed by atoms with Crippen molar-refractivity contribution in [1.29, 1.82) is 0 Å². The van der Waals surface area contributed by atoms with E-state index in [-0.39, 0.29) is 6.04 Å². The standard InChI is InChI=1S/C39H41N2P/c1-26-21-28(3)37(29(4)22-26)35-25-40-39(41(35)38-30(5)23-27(2)24-31(38)6)34-19-13-14-20-36(34)42(32-15-9-7-10-16-32)33-17-11-8-12-18-33/h7-18,20-24,35,40H,19,25H2,1-6H3. The van der Waals surface area contributed by atoms with Crippen molar-refractivity contribution >= 4 is 24.2 Å². The van der Waals surface area contributed by atoms with Crippen molar-refractivity contribution in [1.82, 2.24) is 5.32 Å². The van der Waals surface area contributed by atoms with Gasteiger partial charge in [-0.25, -0.2) is 0 Å². The Labute approximate surface area is 253 Å². The highest BCUT2D eigenvalue weighted by molar-refractivity contribution is 7.77. The second-order valence-corrected chi connectivity index (χ2v) is 14.0. The van der Waals surface area contributed by atoms with Crippen LogP contribution in [-0.2, 0) is 0 Å². The molecule has 4 aromatic carbocycles. The molecule has 1 fully saturated rings. The van der Waals surface area contributed by atoms with Crippen LogP contribution in [0.1, 0.15) is 51.4 Å². The van der Waals surface area contributed by atoms with Crippen LogP contribution in [0, 0.1) is 41.5 Å². The van der Waals surface area contributed by atoms with Crippen LogP contribution in [0.5, 0.6) is 0 Å². The molecule has 1 unspecified atom stereocenters. The summed E-state index contributed by atoms with van der Waals surface area (Å²) in [5.41, 5.74) is 12.2. The molecule has 0 spiro atoms. The van der Waals surface area contributed by atoms with E-state index in [2.05, 4.69) is 155 Å². The molecule has 1 N–H and O–H groups in total. The molecule has 212 valence electrons. The Bertz CT molecular complexity index is 1630. The van der Waals surface area contributed by atoms with Gasteiger partial charge in [0.05, 0.1) is 6.04 Å². The second kappa shape index (κ2) is 11.8. The minimum Gasteiger partial charge on any atom is -0.369 e. The minimum atomic E-state index is -0.733. The first-order chi connectivity index (χ1) is 20.3. The zero-order valence-electron chi connectivity index (χ0n) is 25.7. The number of hydrogen-bond acceptors (Lipinski definition) is 2. The van der Waals surface area contributed by atoms with Gasteiger partial charge in [-0.1, -0.05) is 114 Å². The smallest absolute Gasteiger partial charge is 0.111 e. The van der Waals surface area contributed by atoms with Gasteiger partial charge in [-0.15, -0.1) is 0 Å². The first-order valence-corrected chi connectivity index (χ1v) is 16.4. The zero-order chi connectivity index (χ0) is 29.4. The fourth-order valence-electron chi connectivity index (χ4n) is 7.10. The van der Waals surface area contributed by atoms with Gasteiger partial charge in [0.1, 0.15) is 5.82 Å². The predicted molar refractivity (Wildman–Crippen MR) is 182 cm³/mol. The van der Waals surface area contributed by atoms with Gasteiger partial charge in [0, 0.05) is 17.8 Å². The number of nitrogens with zero attached hydrogens (tertiary/aromatic N) is 1. The van der Waals surface area contributed by atoms with E-state index in [1.54, 1.807) is 0 Å². The summed E-state index contributed by atoms with van der Waals surface area (Å²) in [6.07, 6.45) is 7.86. The predicted octanol–water partition coefficient (Wildman–Crippen LogP) is 8.88. The van der Waals surface area contributed by atoms with Gasteiger partial charge in [0.2, 0.25) is 0 Å². The van der Waals surface area contributed by atoms with Crippen LogP contribution in [0.3, 0.4) is 0 Å². The Kier molecular flexibility index (Phi) is 7.93. The maximum absolute atomic E-state index is 3.99. The molecule has 0 saturated carbocycles. The third-order valence-corrected chi connectivity index (χ3v) is 11.1. The molecule has 3 heteroatoms. The van der Waals surface area contributed by atoms with Crippen LogP contribution in [-0.4, -0.2) is 6.54 Å². The fraction of sp³-hybridized carbons (Fsp3) is 0.231. The van der Waals surface area contributed by atoms with Gasteiger partial charge >= 0.3 is 0 Å². The molecule has 1 aliphatic carbocycles. The van der Waals surface area contributed by atoms with Gasteiger partial charge in [-0.2, -0.15) is 0 Å². The number of nitrogens with one attached hydrogen (secondary N) is 1. The Morgan fingerprint density at radius 1 is 0.690 bits per heavy atom. The minimum absolute atomic E-state index is 0.208. The van der Waals surface area contributed by atoms with Crippen LogP contribution >= 0.6 is 7.92 Å². The van der Waals surface area contributed by atoms with Gasteiger partial charge in [0.15, 0.2) is 0 Å². The van der Waals surface area contributed by atoms with Crippen molar-refractivity contribution in [2.24, 2.45) is 0 Å². The van der Waals surface area contributed by atoms with E-state index in [0.717, 1.165) is 13.0 Å². The lowest BCUT2D eigenvalue weighted by atomic mass is 9.92. The summed E-state index contributed by atoms with van der Waals surface area (Å²) >= 11 is 0. The SMILES string of the molecule is Cc1cc(C)c(C2CNC(=C3CC=CC=C3P(c3ccccc3)c3ccccc3)N2c2c(C)cc(C)cc2C)c(C)c1. The van der Waals surface area contributed by atoms with E-state index in [9.17, 15) is 0 Å². The quantitative estimate of drug-likeness (QED) is 0.242. The molecule has 1 heterocycles. The van der Waals surface area contributed by atoms with Crippen LogP contribution in [0.25, 0.3) is 0 Å². The largest absolute Gasteiger partial charge is 0.369 e. The van der Waals surface area contributed by atoms with E-state index in [1.165, 1.54) is 71.9 Å². The first kappa shape index (κ1) is 28.3. The molecule has 2 nitrogen and oxygen atoms in total. The maximum Gasteiger partial charge on any atom is 0.111 e. The maximum atomic E-state index is 3.99. The van der Waals surface area contributed by atoms with Crippen molar-refractivity contribution in [3.8, 4) is 0 Å². The van der Waals surface area contributed by atoms with Crippen LogP contribution < -0.4 is 20.8 Å². The second-order valence-electron chi connectivity index (χ2n) is 11.8. The van der Waals surface area contributed by atoms with Crippen LogP contribution in [0.2, 0.25) is 0 Å². The average Bonchev–Trinajstić information content (AvgIpc) is 3.37. The normalized spacial score (nSPS) is 18.4. The van der Waals surface area contributed by atoms with Gasteiger partial charge in [-0.3, -0.25) is 0 Å². The molecule has 1 aliphatic heterocycles. The monoisotopic (exact) mass is 568 g/mol. The fourth-order valence-corrected chi connectivity index (χ4v) is 9.60. The molecule has 0 aromatic heterocycles. The number of aryl methyl sites for hydroxylation is 6. The molecule has 6 rings (SSSR count). The lowest BCUT2D eigenvalue weighted by Crippen LogP contribution is -2.28. The molecule has 0 amide bonds. The number of benzene rings is 4. The van der Waals surface area contributed by atoms with E-state index >= 15 is 0 Å². The third kappa shape index (κ3) is 5.25. The summed E-state index contributed by atoms with van der Waals surface area (Å²) in [4.78, 5) is 2.65. The summed E-state index contributed by atoms with van der Waals surface area (Å²) in [5, 5.41) is 8.18. The van der Waals surface area contributed by atoms with E-state index in [4.69, 9.17) is 0 Å². The Morgan fingerprint density at radius 3 is 1.76 bits per heavy atom. The van der Waals surface area contributed by atoms with Crippen molar-refractivity contribution in [3.63, 3.8) is 0 Å². The van der Waals surface area contributed by atoms with Crippen LogP contribution in [0.15, 0.2) is 120 Å². The van der Waals surface area contributed by atoms with Gasteiger partial charge in [0.25, 0.3) is 0 Å². The highest BCUT2D eigenvalue weighted by Crippen LogP contribution is 2.51. The number of anilines is 1. The lowest BCUT2D eigenvalue weighted by Gasteiger charge is -2.34. The summed E-state index contributed by atoms with van der Waals surface area (Å²) < 4.78 is 0. The highest BCUT2D eigenvalue weighted by Gasteiger charge is 2.37. The molecule has 2 aliphatic rings. The number of rotatable bonds is 5. The van der Waals surface area contributed by atoms with Gasteiger partial charge in [-0.05, 0) is 99.6 Å². The summed E-state index contributed by atoms with van der Waals surface area (Å²) in [5.74, 6) is 1.25. The molecule has 42 heavy (non-hydrogen) atoms. The molecule has 0 radical (unpaired) electrons. The van der Waals surface area contributed by atoms with Crippen molar-refractivity contribution in [2.45, 2.75) is 54.0 Å². The van der Waals surface area contributed by atoms with E-state index in [1.807, 2.05) is 0 Å². The zero-order valence-corrected chi connectivity index (χ0v) is 26.6. The molecular weight excluding hydrogens is 527 g/mol.